The van der Waals surface area contributed by atoms with Gasteiger partial charge in [-0.25, -0.2) is 0 Å². The molecule has 1 atom stereocenters. The van der Waals surface area contributed by atoms with E-state index in [1.807, 2.05) is 0 Å². The fourth-order valence-corrected chi connectivity index (χ4v) is 2.52. The molecular formula is C15H34N2O. The SMILES string of the molecule is C.CCC(CO)CCCCN1CCN(CC)CC1. The Bertz CT molecular complexity index is 175. The highest BCUT2D eigenvalue weighted by Crippen LogP contribution is 2.12. The smallest absolute Gasteiger partial charge is 0.0459 e. The summed E-state index contributed by atoms with van der Waals surface area (Å²) in [5.74, 6) is 0.534. The molecule has 1 heterocycles. The van der Waals surface area contributed by atoms with Crippen LogP contribution >= 0.6 is 0 Å². The molecular weight excluding hydrogens is 224 g/mol. The van der Waals surface area contributed by atoms with Crippen molar-refractivity contribution in [1.82, 2.24) is 9.80 Å². The van der Waals surface area contributed by atoms with Gasteiger partial charge in [0.2, 0.25) is 0 Å². The second-order valence-electron chi connectivity index (χ2n) is 5.23. The van der Waals surface area contributed by atoms with Gasteiger partial charge in [-0.2, -0.15) is 0 Å². The molecule has 1 unspecified atom stereocenters. The molecule has 1 aliphatic rings. The number of piperazine rings is 1. The molecule has 0 amide bonds. The number of aliphatic hydroxyl groups excluding tert-OH is 1. The fourth-order valence-electron chi connectivity index (χ4n) is 2.52. The lowest BCUT2D eigenvalue weighted by Gasteiger charge is -2.34. The van der Waals surface area contributed by atoms with E-state index in [1.165, 1.54) is 58.5 Å². The summed E-state index contributed by atoms with van der Waals surface area (Å²) >= 11 is 0. The first-order valence-corrected chi connectivity index (χ1v) is 7.35. The second-order valence-corrected chi connectivity index (χ2v) is 5.23. The fraction of sp³-hybridized carbons (Fsp3) is 1.00. The molecule has 0 spiro atoms. The molecule has 1 N–H and O–H groups in total. The maximum Gasteiger partial charge on any atom is 0.0459 e. The van der Waals surface area contributed by atoms with Crippen LogP contribution < -0.4 is 0 Å². The summed E-state index contributed by atoms with van der Waals surface area (Å²) in [7, 11) is 0. The van der Waals surface area contributed by atoms with Gasteiger partial charge in [-0.1, -0.05) is 34.1 Å². The topological polar surface area (TPSA) is 26.7 Å². The van der Waals surface area contributed by atoms with Gasteiger partial charge in [0.05, 0.1) is 0 Å². The molecule has 3 heteroatoms. The molecule has 0 saturated carbocycles. The Morgan fingerprint density at radius 1 is 1.00 bits per heavy atom. The van der Waals surface area contributed by atoms with Gasteiger partial charge in [0, 0.05) is 32.8 Å². The molecule has 3 nitrogen and oxygen atoms in total. The highest BCUT2D eigenvalue weighted by atomic mass is 16.3. The zero-order valence-electron chi connectivity index (χ0n) is 11.7. The van der Waals surface area contributed by atoms with E-state index in [-0.39, 0.29) is 7.43 Å². The van der Waals surface area contributed by atoms with E-state index in [9.17, 15) is 0 Å². The van der Waals surface area contributed by atoms with Gasteiger partial charge >= 0.3 is 0 Å². The lowest BCUT2D eigenvalue weighted by Crippen LogP contribution is -2.46. The van der Waals surface area contributed by atoms with Gasteiger partial charge in [0.25, 0.3) is 0 Å². The number of hydrogen-bond acceptors (Lipinski definition) is 3. The normalized spacial score (nSPS) is 19.5. The second kappa shape index (κ2) is 10.8. The summed E-state index contributed by atoms with van der Waals surface area (Å²) in [5, 5.41) is 9.11. The largest absolute Gasteiger partial charge is 0.396 e. The van der Waals surface area contributed by atoms with Crippen LogP contribution in [0.3, 0.4) is 0 Å². The number of likely N-dealkylation sites (N-methyl/N-ethyl adjacent to an activating group) is 1. The zero-order chi connectivity index (χ0) is 12.5. The van der Waals surface area contributed by atoms with Crippen LogP contribution in [-0.2, 0) is 0 Å². The van der Waals surface area contributed by atoms with Gasteiger partial charge in [-0.3, -0.25) is 0 Å². The number of aliphatic hydroxyl groups is 1. The van der Waals surface area contributed by atoms with E-state index in [0.29, 0.717) is 12.5 Å². The molecule has 1 aliphatic heterocycles. The standard InChI is InChI=1S/C14H30N2O.CH4/c1-3-14(13-17)7-5-6-8-16-11-9-15(4-2)10-12-16;/h14,17H,3-13H2,1-2H3;1H4. The van der Waals surface area contributed by atoms with Gasteiger partial charge < -0.3 is 14.9 Å². The van der Waals surface area contributed by atoms with Crippen molar-refractivity contribution in [3.05, 3.63) is 0 Å². The van der Waals surface area contributed by atoms with E-state index in [0.717, 1.165) is 6.42 Å². The number of unbranched alkanes of at least 4 members (excludes halogenated alkanes) is 1. The van der Waals surface area contributed by atoms with Crippen LogP contribution in [0.1, 0.15) is 47.0 Å². The van der Waals surface area contributed by atoms with Crippen molar-refractivity contribution >= 4 is 0 Å². The summed E-state index contributed by atoms with van der Waals surface area (Å²) in [4.78, 5) is 5.11. The molecule has 110 valence electrons. The van der Waals surface area contributed by atoms with Crippen molar-refractivity contribution in [2.45, 2.75) is 47.0 Å². The molecule has 0 aromatic carbocycles. The van der Waals surface area contributed by atoms with Crippen molar-refractivity contribution in [2.24, 2.45) is 5.92 Å². The van der Waals surface area contributed by atoms with E-state index in [4.69, 9.17) is 5.11 Å². The third-order valence-corrected chi connectivity index (χ3v) is 4.08. The van der Waals surface area contributed by atoms with Crippen molar-refractivity contribution < 1.29 is 5.11 Å². The van der Waals surface area contributed by atoms with E-state index in [1.54, 1.807) is 0 Å². The molecule has 1 rings (SSSR count). The predicted molar refractivity (Wildman–Crippen MR) is 80.0 cm³/mol. The first-order valence-electron chi connectivity index (χ1n) is 7.35. The third-order valence-electron chi connectivity index (χ3n) is 4.08. The minimum atomic E-state index is 0. The van der Waals surface area contributed by atoms with Gasteiger partial charge in [0.15, 0.2) is 0 Å². The van der Waals surface area contributed by atoms with Crippen LogP contribution in [0, 0.1) is 5.92 Å². The summed E-state index contributed by atoms with van der Waals surface area (Å²) in [5.41, 5.74) is 0. The Hall–Kier alpha value is -0.120. The number of rotatable bonds is 8. The molecule has 0 bridgehead atoms. The molecule has 0 radical (unpaired) electrons. The van der Waals surface area contributed by atoms with Crippen molar-refractivity contribution in [2.75, 3.05) is 45.9 Å². The lowest BCUT2D eigenvalue weighted by atomic mass is 10.0. The Balaban J connectivity index is 0.00000289. The monoisotopic (exact) mass is 258 g/mol. The van der Waals surface area contributed by atoms with E-state index >= 15 is 0 Å². The summed E-state index contributed by atoms with van der Waals surface area (Å²) in [6.45, 7) is 12.2. The van der Waals surface area contributed by atoms with Gasteiger partial charge in [-0.15, -0.1) is 0 Å². The molecule has 1 fully saturated rings. The van der Waals surface area contributed by atoms with Gasteiger partial charge in [0.1, 0.15) is 0 Å². The van der Waals surface area contributed by atoms with Crippen molar-refractivity contribution in [3.8, 4) is 0 Å². The summed E-state index contributed by atoms with van der Waals surface area (Å²) in [6, 6.07) is 0. The summed E-state index contributed by atoms with van der Waals surface area (Å²) in [6.07, 6.45) is 4.88. The van der Waals surface area contributed by atoms with E-state index < -0.39 is 0 Å². The molecule has 18 heavy (non-hydrogen) atoms. The van der Waals surface area contributed by atoms with Crippen LogP contribution in [-0.4, -0.2) is 60.8 Å². The van der Waals surface area contributed by atoms with Crippen molar-refractivity contribution in [1.29, 1.82) is 0 Å². The number of nitrogens with zero attached hydrogens (tertiary/aromatic N) is 2. The molecule has 0 aromatic heterocycles. The van der Waals surface area contributed by atoms with Crippen LogP contribution in [0.25, 0.3) is 0 Å². The minimum absolute atomic E-state index is 0. The Morgan fingerprint density at radius 3 is 2.11 bits per heavy atom. The Labute approximate surface area is 114 Å². The summed E-state index contributed by atoms with van der Waals surface area (Å²) < 4.78 is 0. The highest BCUT2D eigenvalue weighted by molar-refractivity contribution is 4.70. The quantitative estimate of drug-likeness (QED) is 0.678. The zero-order valence-corrected chi connectivity index (χ0v) is 11.7. The molecule has 0 aromatic rings. The highest BCUT2D eigenvalue weighted by Gasteiger charge is 2.14. The van der Waals surface area contributed by atoms with Crippen molar-refractivity contribution in [3.63, 3.8) is 0 Å². The van der Waals surface area contributed by atoms with Gasteiger partial charge in [-0.05, 0) is 31.8 Å². The first-order chi connectivity index (χ1) is 8.30. The third kappa shape index (κ3) is 6.72. The first kappa shape index (κ1) is 17.9. The van der Waals surface area contributed by atoms with Crippen LogP contribution in [0.15, 0.2) is 0 Å². The predicted octanol–water partition coefficient (Wildman–Crippen LogP) is 2.45. The van der Waals surface area contributed by atoms with Crippen LogP contribution in [0.5, 0.6) is 0 Å². The Morgan fingerprint density at radius 2 is 1.61 bits per heavy atom. The van der Waals surface area contributed by atoms with Crippen LogP contribution in [0.4, 0.5) is 0 Å². The van der Waals surface area contributed by atoms with Crippen LogP contribution in [0.2, 0.25) is 0 Å². The molecule has 0 aliphatic carbocycles. The average Bonchev–Trinajstić information content (AvgIpc) is 2.40. The molecule has 1 saturated heterocycles. The van der Waals surface area contributed by atoms with E-state index in [2.05, 4.69) is 23.6 Å². The minimum Gasteiger partial charge on any atom is -0.396 e. The number of hydrogen-bond donors (Lipinski definition) is 1. The maximum atomic E-state index is 9.11. The average molecular weight is 258 g/mol. The maximum absolute atomic E-state index is 9.11. The lowest BCUT2D eigenvalue weighted by molar-refractivity contribution is 0.134. The Kier molecular flexibility index (Phi) is 10.7.